The van der Waals surface area contributed by atoms with E-state index in [-0.39, 0.29) is 36.9 Å². The van der Waals surface area contributed by atoms with Gasteiger partial charge in [-0.3, -0.25) is 4.79 Å². The van der Waals surface area contributed by atoms with Crippen LogP contribution in [0.15, 0.2) is 12.1 Å². The number of esters is 1. The molecule has 3 aliphatic heterocycles. The summed E-state index contributed by atoms with van der Waals surface area (Å²) in [6, 6.07) is 3.25. The predicted octanol–water partition coefficient (Wildman–Crippen LogP) is 3.70. The molecule has 1 aliphatic carbocycles. The number of nitrogens with zero attached hydrogens (tertiary/aromatic N) is 1. The highest BCUT2D eigenvalue weighted by molar-refractivity contribution is 5.89. The Hall–Kier alpha value is -2.48. The molecule has 0 aromatic heterocycles. The maximum atomic E-state index is 14.2. The normalized spacial score (nSPS) is 25.3. The van der Waals surface area contributed by atoms with Crippen LogP contribution in [0.5, 0.6) is 17.2 Å². The van der Waals surface area contributed by atoms with Crippen LogP contribution in [0.3, 0.4) is 0 Å². The maximum Gasteiger partial charge on any atom is 0.328 e. The summed E-state index contributed by atoms with van der Waals surface area (Å²) in [5.41, 5.74) is 0.846. The van der Waals surface area contributed by atoms with E-state index >= 15 is 0 Å². The number of amides is 1. The molecule has 8 nitrogen and oxygen atoms in total. The molecule has 3 heterocycles. The molecule has 2 fully saturated rings. The first-order chi connectivity index (χ1) is 16.6. The lowest BCUT2D eigenvalue weighted by Gasteiger charge is -2.39. The molecule has 1 aromatic rings. The Labute approximate surface area is 201 Å². The van der Waals surface area contributed by atoms with Crippen LogP contribution in [-0.2, 0) is 19.1 Å². The van der Waals surface area contributed by atoms with Crippen molar-refractivity contribution in [3.63, 3.8) is 0 Å². The minimum absolute atomic E-state index is 0.00494. The Morgan fingerprint density at radius 2 is 1.47 bits per heavy atom. The van der Waals surface area contributed by atoms with Gasteiger partial charge in [0, 0.05) is 6.54 Å². The van der Waals surface area contributed by atoms with Crippen LogP contribution in [0.1, 0.15) is 62.8 Å². The van der Waals surface area contributed by atoms with Gasteiger partial charge in [-0.1, -0.05) is 19.3 Å². The number of fused-ring (bicyclic) bond motifs is 10. The summed E-state index contributed by atoms with van der Waals surface area (Å²) in [7, 11) is 3.18. The molecule has 0 N–H and O–H groups in total. The Morgan fingerprint density at radius 1 is 0.824 bits per heavy atom. The summed E-state index contributed by atoms with van der Waals surface area (Å²) in [6.07, 6.45) is 7.79. The number of piperidine rings is 1. The van der Waals surface area contributed by atoms with Crippen molar-refractivity contribution in [3.8, 4) is 17.2 Å². The first-order valence-corrected chi connectivity index (χ1v) is 12.6. The average Bonchev–Trinajstić information content (AvgIpc) is 2.88. The summed E-state index contributed by atoms with van der Waals surface area (Å²) in [5, 5.41) is 0. The first-order valence-electron chi connectivity index (χ1n) is 12.6. The monoisotopic (exact) mass is 475 g/mol. The molecular weight excluding hydrogens is 438 g/mol. The Morgan fingerprint density at radius 3 is 2.15 bits per heavy atom. The predicted molar refractivity (Wildman–Crippen MR) is 125 cm³/mol. The van der Waals surface area contributed by atoms with Gasteiger partial charge in [0.05, 0.1) is 33.4 Å². The van der Waals surface area contributed by atoms with Crippen molar-refractivity contribution in [3.05, 3.63) is 17.7 Å². The summed E-state index contributed by atoms with van der Waals surface area (Å²) in [6.45, 7) is 1.62. The second-order valence-electron chi connectivity index (χ2n) is 9.30. The minimum Gasteiger partial charge on any atom is -0.493 e. The number of hydrogen-bond donors (Lipinski definition) is 0. The van der Waals surface area contributed by atoms with E-state index in [0.29, 0.717) is 43.4 Å². The molecule has 34 heavy (non-hydrogen) atoms. The molecule has 0 spiro atoms. The zero-order valence-corrected chi connectivity index (χ0v) is 20.4. The number of methoxy groups -OCH3 is 2. The highest BCUT2D eigenvalue weighted by Gasteiger charge is 2.40. The van der Waals surface area contributed by atoms with Gasteiger partial charge < -0.3 is 28.6 Å². The third-order valence-electron chi connectivity index (χ3n) is 7.23. The van der Waals surface area contributed by atoms with Crippen molar-refractivity contribution in [1.29, 1.82) is 0 Å². The van der Waals surface area contributed by atoms with E-state index in [1.54, 1.807) is 19.1 Å². The molecule has 1 aromatic carbocycles. The number of rotatable bonds is 3. The SMILES string of the molecule is COc1cc2cc(OC)c1OCCOCCOC(=O)[C@@H]1CCCCN1C(=O)[C@H]2C1CCCCC1. The van der Waals surface area contributed by atoms with E-state index in [1.165, 1.54) is 6.42 Å². The van der Waals surface area contributed by atoms with Crippen LogP contribution in [0.2, 0.25) is 0 Å². The molecule has 0 radical (unpaired) electrons. The van der Waals surface area contributed by atoms with Crippen molar-refractivity contribution in [2.75, 3.05) is 47.2 Å². The third-order valence-corrected chi connectivity index (χ3v) is 7.23. The topological polar surface area (TPSA) is 83.5 Å². The smallest absolute Gasteiger partial charge is 0.328 e. The average molecular weight is 476 g/mol. The molecule has 0 unspecified atom stereocenters. The van der Waals surface area contributed by atoms with Crippen molar-refractivity contribution in [1.82, 2.24) is 4.90 Å². The van der Waals surface area contributed by atoms with E-state index in [0.717, 1.165) is 44.1 Å². The number of carbonyl (C=O) groups excluding carboxylic acids is 2. The van der Waals surface area contributed by atoms with Crippen molar-refractivity contribution in [2.24, 2.45) is 5.92 Å². The summed E-state index contributed by atoms with van der Waals surface area (Å²) in [4.78, 5) is 28.9. The van der Waals surface area contributed by atoms with Gasteiger partial charge in [0.15, 0.2) is 11.5 Å². The molecule has 1 amide bonds. The highest BCUT2D eigenvalue weighted by atomic mass is 16.6. The molecule has 2 atom stereocenters. The Kier molecular flexibility index (Phi) is 8.53. The van der Waals surface area contributed by atoms with Crippen LogP contribution >= 0.6 is 0 Å². The van der Waals surface area contributed by atoms with E-state index in [9.17, 15) is 9.59 Å². The zero-order chi connectivity index (χ0) is 23.9. The zero-order valence-electron chi connectivity index (χ0n) is 20.4. The lowest BCUT2D eigenvalue weighted by molar-refractivity contribution is -0.159. The number of benzene rings is 1. The molecule has 5 rings (SSSR count). The van der Waals surface area contributed by atoms with E-state index in [2.05, 4.69) is 0 Å². The molecule has 8 heteroatoms. The van der Waals surface area contributed by atoms with Crippen molar-refractivity contribution < 1.29 is 33.3 Å². The Balaban J connectivity index is 1.78. The van der Waals surface area contributed by atoms with Gasteiger partial charge in [-0.15, -0.1) is 0 Å². The molecule has 1 saturated carbocycles. The first kappa shape index (κ1) is 24.6. The summed E-state index contributed by atoms with van der Waals surface area (Å²) >= 11 is 0. The van der Waals surface area contributed by atoms with E-state index in [1.807, 2.05) is 12.1 Å². The van der Waals surface area contributed by atoms with E-state index < -0.39 is 6.04 Å². The summed E-state index contributed by atoms with van der Waals surface area (Å²) < 4.78 is 28.3. The van der Waals surface area contributed by atoms with Crippen LogP contribution in [0.25, 0.3) is 0 Å². The maximum absolute atomic E-state index is 14.2. The Bertz CT molecular complexity index is 827. The molecule has 188 valence electrons. The van der Waals surface area contributed by atoms with Gasteiger partial charge in [0.1, 0.15) is 19.3 Å². The fourth-order valence-electron chi connectivity index (χ4n) is 5.53. The number of hydrogen-bond acceptors (Lipinski definition) is 7. The van der Waals surface area contributed by atoms with Crippen molar-refractivity contribution >= 4 is 11.9 Å². The third kappa shape index (κ3) is 5.43. The standard InChI is InChI=1S/C26H37NO7/c1-30-21-16-19-17-22(31-2)24(21)33-14-12-32-13-15-34-26(29)20-10-6-7-11-27(20)25(28)23(19)18-8-4-3-5-9-18/h16-18,20,23H,3-15H2,1-2H3/t20-,23-/m0/s1. The largest absolute Gasteiger partial charge is 0.493 e. The number of carbonyl (C=O) groups is 2. The van der Waals surface area contributed by atoms with E-state index in [4.69, 9.17) is 23.7 Å². The van der Waals surface area contributed by atoms with Gasteiger partial charge >= 0.3 is 5.97 Å². The van der Waals surface area contributed by atoms with Gasteiger partial charge in [-0.2, -0.15) is 0 Å². The van der Waals surface area contributed by atoms with Crippen molar-refractivity contribution in [2.45, 2.75) is 63.3 Å². The lowest BCUT2D eigenvalue weighted by atomic mass is 9.75. The highest BCUT2D eigenvalue weighted by Crippen LogP contribution is 2.45. The minimum atomic E-state index is -0.549. The fraction of sp³-hybridized carbons (Fsp3) is 0.692. The second kappa shape index (κ2) is 11.8. The summed E-state index contributed by atoms with van der Waals surface area (Å²) in [5.74, 6) is 1.05. The van der Waals surface area contributed by atoms with Crippen LogP contribution in [-0.4, -0.2) is 70.0 Å². The quantitative estimate of drug-likeness (QED) is 0.487. The number of ether oxygens (including phenoxy) is 5. The van der Waals surface area contributed by atoms with Gasteiger partial charge in [0.25, 0.3) is 0 Å². The lowest BCUT2D eigenvalue weighted by Crippen LogP contribution is -2.51. The van der Waals surface area contributed by atoms with Gasteiger partial charge in [-0.25, -0.2) is 4.79 Å². The van der Waals surface area contributed by atoms with Crippen LogP contribution in [0, 0.1) is 5.92 Å². The molecular formula is C26H37NO7. The fourth-order valence-corrected chi connectivity index (χ4v) is 5.53. The molecule has 1 saturated heterocycles. The van der Waals surface area contributed by atoms with Crippen LogP contribution in [0.4, 0.5) is 0 Å². The molecule has 4 aliphatic rings. The van der Waals surface area contributed by atoms with Gasteiger partial charge in [0.2, 0.25) is 11.7 Å². The van der Waals surface area contributed by atoms with Crippen LogP contribution < -0.4 is 14.2 Å². The second-order valence-corrected chi connectivity index (χ2v) is 9.30. The molecule has 2 bridgehead atoms. The van der Waals surface area contributed by atoms with Gasteiger partial charge in [-0.05, 0) is 55.7 Å².